The van der Waals surface area contributed by atoms with E-state index in [1.54, 1.807) is 18.6 Å². The minimum absolute atomic E-state index is 0.0619. The fraction of sp³-hybridized carbons (Fsp3) is 0.321. The molecule has 2 aromatic heterocycles. The zero-order valence-electron chi connectivity index (χ0n) is 20.4. The Labute approximate surface area is 204 Å². The molecule has 0 spiro atoms. The molecule has 0 aliphatic carbocycles. The molecule has 7 nitrogen and oxygen atoms in total. The first-order chi connectivity index (χ1) is 16.8. The Morgan fingerprint density at radius 3 is 2.46 bits per heavy atom. The van der Waals surface area contributed by atoms with Crippen molar-refractivity contribution < 1.29 is 4.79 Å². The van der Waals surface area contributed by atoms with Crippen LogP contribution in [0.2, 0.25) is 0 Å². The largest absolute Gasteiger partial charge is 0.372 e. The van der Waals surface area contributed by atoms with E-state index < -0.39 is 0 Å². The number of aromatic nitrogens is 3. The van der Waals surface area contributed by atoms with Crippen molar-refractivity contribution in [2.45, 2.75) is 45.4 Å². The van der Waals surface area contributed by atoms with Gasteiger partial charge in [-0.2, -0.15) is 0 Å². The van der Waals surface area contributed by atoms with Crippen LogP contribution < -0.4 is 15.8 Å². The number of nitrogens with zero attached hydrogens (tertiary/aromatic N) is 2. The van der Waals surface area contributed by atoms with Gasteiger partial charge in [0.05, 0.1) is 17.4 Å². The van der Waals surface area contributed by atoms with Crippen LogP contribution in [0.25, 0.3) is 22.2 Å². The first-order valence-electron chi connectivity index (χ1n) is 12.2. The Bertz CT molecular complexity index is 1420. The molecule has 5 rings (SSSR count). The summed E-state index contributed by atoms with van der Waals surface area (Å²) in [6.07, 6.45) is 7.01. The highest BCUT2D eigenvalue weighted by atomic mass is 16.2. The number of anilines is 2. The van der Waals surface area contributed by atoms with Crippen molar-refractivity contribution in [1.29, 1.82) is 0 Å². The molecular weight excluding hydrogens is 438 g/mol. The molecule has 3 N–H and O–H groups in total. The standard InChI is InChI=1S/C28H31N5O2/c1-28(2,3)20-14-22(25-23(15-20)30-17-31-25)19-13-24(27(35)29-16-19)32-26(34)18-7-9-21(10-8-18)33-11-5-4-6-12-33/h7-10,13-17H,4-6,11-12H2,1-3H3,(H,29,35)(H,30,31)(H,32,34). The molecule has 4 aromatic rings. The zero-order valence-corrected chi connectivity index (χ0v) is 20.4. The van der Waals surface area contributed by atoms with Crippen molar-refractivity contribution in [2.75, 3.05) is 23.3 Å². The van der Waals surface area contributed by atoms with E-state index >= 15 is 0 Å². The van der Waals surface area contributed by atoms with Crippen molar-refractivity contribution >= 4 is 28.3 Å². The van der Waals surface area contributed by atoms with E-state index in [1.165, 1.54) is 19.3 Å². The number of fused-ring (bicyclic) bond motifs is 1. The van der Waals surface area contributed by atoms with Crippen LogP contribution in [0, 0.1) is 0 Å². The van der Waals surface area contributed by atoms with Crippen LogP contribution in [-0.4, -0.2) is 33.9 Å². The molecule has 7 heteroatoms. The minimum Gasteiger partial charge on any atom is -0.372 e. The monoisotopic (exact) mass is 469 g/mol. The average Bonchev–Trinajstić information content (AvgIpc) is 3.34. The fourth-order valence-electron chi connectivity index (χ4n) is 4.61. The van der Waals surface area contributed by atoms with Gasteiger partial charge in [-0.3, -0.25) is 9.59 Å². The average molecular weight is 470 g/mol. The van der Waals surface area contributed by atoms with Gasteiger partial charge >= 0.3 is 0 Å². The third-order valence-electron chi connectivity index (χ3n) is 6.70. The molecule has 0 saturated carbocycles. The van der Waals surface area contributed by atoms with Gasteiger partial charge in [-0.25, -0.2) is 4.98 Å². The second kappa shape index (κ2) is 9.06. The highest BCUT2D eigenvalue weighted by Crippen LogP contribution is 2.33. The molecule has 1 amide bonds. The SMILES string of the molecule is CC(C)(C)c1cc(-c2c[nH]c(=O)c(NC(=O)c3ccc(N4CCCCC4)cc3)c2)c2nc[nH]c2c1. The predicted molar refractivity (Wildman–Crippen MR) is 141 cm³/mol. The predicted octanol–water partition coefficient (Wildman–Crippen LogP) is 5.46. The van der Waals surface area contributed by atoms with Crippen molar-refractivity contribution in [3.63, 3.8) is 0 Å². The number of nitrogens with one attached hydrogen (secondary N) is 3. The Kier molecular flexibility index (Phi) is 5.93. The second-order valence-electron chi connectivity index (χ2n) is 10.3. The van der Waals surface area contributed by atoms with E-state index in [0.717, 1.165) is 46.5 Å². The Morgan fingerprint density at radius 1 is 1.00 bits per heavy atom. The van der Waals surface area contributed by atoms with E-state index in [2.05, 4.69) is 58.1 Å². The maximum atomic E-state index is 13.0. The van der Waals surface area contributed by atoms with Crippen molar-refractivity contribution in [2.24, 2.45) is 0 Å². The zero-order chi connectivity index (χ0) is 24.6. The Hall–Kier alpha value is -3.87. The van der Waals surface area contributed by atoms with E-state index in [-0.39, 0.29) is 22.6 Å². The van der Waals surface area contributed by atoms with Crippen LogP contribution in [0.1, 0.15) is 56.0 Å². The highest BCUT2D eigenvalue weighted by Gasteiger charge is 2.19. The second-order valence-corrected chi connectivity index (χ2v) is 10.3. The Morgan fingerprint density at radius 2 is 1.74 bits per heavy atom. The molecule has 1 aliphatic heterocycles. The summed E-state index contributed by atoms with van der Waals surface area (Å²) in [6.45, 7) is 8.57. The number of pyridine rings is 1. The summed E-state index contributed by atoms with van der Waals surface area (Å²) in [5, 5.41) is 2.80. The number of H-pyrrole nitrogens is 2. The van der Waals surface area contributed by atoms with Gasteiger partial charge in [-0.05, 0) is 72.7 Å². The number of hydrogen-bond acceptors (Lipinski definition) is 4. The van der Waals surface area contributed by atoms with Crippen LogP contribution in [0.3, 0.4) is 0 Å². The van der Waals surface area contributed by atoms with Crippen molar-refractivity contribution in [1.82, 2.24) is 15.0 Å². The molecule has 0 unspecified atom stereocenters. The topological polar surface area (TPSA) is 93.9 Å². The van der Waals surface area contributed by atoms with Crippen LogP contribution in [0.15, 0.2) is 59.8 Å². The lowest BCUT2D eigenvalue weighted by Crippen LogP contribution is -2.29. The number of rotatable bonds is 4. The van der Waals surface area contributed by atoms with Crippen molar-refractivity contribution in [3.8, 4) is 11.1 Å². The van der Waals surface area contributed by atoms with E-state index in [4.69, 9.17) is 0 Å². The third kappa shape index (κ3) is 4.71. The van der Waals surface area contributed by atoms with Crippen LogP contribution in [0.5, 0.6) is 0 Å². The number of aromatic amines is 2. The first-order valence-corrected chi connectivity index (χ1v) is 12.2. The fourth-order valence-corrected chi connectivity index (χ4v) is 4.61. The molecule has 1 saturated heterocycles. The van der Waals surface area contributed by atoms with Gasteiger partial charge in [-0.15, -0.1) is 0 Å². The lowest BCUT2D eigenvalue weighted by atomic mass is 9.85. The van der Waals surface area contributed by atoms with Crippen LogP contribution in [0.4, 0.5) is 11.4 Å². The summed E-state index contributed by atoms with van der Waals surface area (Å²) >= 11 is 0. The molecule has 3 heterocycles. The van der Waals surface area contributed by atoms with Crippen molar-refractivity contribution in [3.05, 3.63) is 76.5 Å². The molecule has 1 aliphatic rings. The van der Waals surface area contributed by atoms with Gasteiger partial charge in [0.1, 0.15) is 5.69 Å². The number of imidazole rings is 1. The molecule has 0 bridgehead atoms. The minimum atomic E-state index is -0.350. The molecule has 2 aromatic carbocycles. The third-order valence-corrected chi connectivity index (χ3v) is 6.70. The molecule has 1 fully saturated rings. The van der Waals surface area contributed by atoms with Gasteiger partial charge < -0.3 is 20.2 Å². The number of benzene rings is 2. The van der Waals surface area contributed by atoms with Gasteiger partial charge in [0.2, 0.25) is 0 Å². The lowest BCUT2D eigenvalue weighted by Gasteiger charge is -2.28. The van der Waals surface area contributed by atoms with E-state index in [1.807, 2.05) is 24.3 Å². The van der Waals surface area contributed by atoms with Crippen LogP contribution >= 0.6 is 0 Å². The summed E-state index contributed by atoms with van der Waals surface area (Å²) in [5.74, 6) is -0.314. The number of hydrogen-bond donors (Lipinski definition) is 3. The first kappa shape index (κ1) is 22.9. The quantitative estimate of drug-likeness (QED) is 0.370. The van der Waals surface area contributed by atoms with Gasteiger partial charge in [-0.1, -0.05) is 20.8 Å². The highest BCUT2D eigenvalue weighted by molar-refractivity contribution is 6.05. The van der Waals surface area contributed by atoms with E-state index in [0.29, 0.717) is 5.56 Å². The van der Waals surface area contributed by atoms with Gasteiger partial charge in [0.25, 0.3) is 11.5 Å². The number of piperidine rings is 1. The summed E-state index contributed by atoms with van der Waals surface area (Å²) in [4.78, 5) is 38.3. The molecule has 0 atom stereocenters. The number of carbonyl (C=O) groups is 1. The maximum Gasteiger partial charge on any atom is 0.271 e. The Balaban J connectivity index is 1.43. The summed E-state index contributed by atoms with van der Waals surface area (Å²) in [5.41, 5.74) is 6.00. The summed E-state index contributed by atoms with van der Waals surface area (Å²) in [7, 11) is 0. The normalized spacial score (nSPS) is 14.3. The van der Waals surface area contributed by atoms with E-state index in [9.17, 15) is 9.59 Å². The lowest BCUT2D eigenvalue weighted by molar-refractivity contribution is 0.102. The summed E-state index contributed by atoms with van der Waals surface area (Å²) in [6, 6.07) is 13.5. The number of carbonyl (C=O) groups excluding carboxylic acids is 1. The van der Waals surface area contributed by atoms with Crippen LogP contribution in [-0.2, 0) is 5.41 Å². The number of amides is 1. The van der Waals surface area contributed by atoms with Gasteiger partial charge in [0.15, 0.2) is 0 Å². The summed E-state index contributed by atoms with van der Waals surface area (Å²) < 4.78 is 0. The molecule has 35 heavy (non-hydrogen) atoms. The maximum absolute atomic E-state index is 13.0. The molecule has 180 valence electrons. The van der Waals surface area contributed by atoms with Gasteiger partial charge in [0, 0.05) is 41.7 Å². The molecular formula is C28H31N5O2. The smallest absolute Gasteiger partial charge is 0.271 e. The molecule has 0 radical (unpaired) electrons.